The smallest absolute Gasteiger partial charge is 0.311 e. The van der Waals surface area contributed by atoms with Gasteiger partial charge in [-0.15, -0.1) is 0 Å². The quantitative estimate of drug-likeness (QED) is 0.431. The Labute approximate surface area is 123 Å². The van der Waals surface area contributed by atoms with Gasteiger partial charge in [0.05, 0.1) is 36.0 Å². The van der Waals surface area contributed by atoms with Crippen molar-refractivity contribution in [3.8, 4) is 0 Å². The molecule has 4 atom stereocenters. The van der Waals surface area contributed by atoms with E-state index in [4.69, 9.17) is 9.47 Å². The first-order valence-electron chi connectivity index (χ1n) is 7.17. The second kappa shape index (κ2) is 4.66. The monoisotopic (exact) mass is 293 g/mol. The van der Waals surface area contributed by atoms with Gasteiger partial charge in [-0.05, 0) is 20.8 Å². The number of carbonyl (C=O) groups excluding carboxylic acids is 3. The molecule has 21 heavy (non-hydrogen) atoms. The van der Waals surface area contributed by atoms with Gasteiger partial charge in [-0.25, -0.2) is 0 Å². The highest BCUT2D eigenvalue weighted by molar-refractivity contribution is 6.06. The van der Waals surface area contributed by atoms with Crippen LogP contribution in [0.15, 0.2) is 12.2 Å². The number of carbonyl (C=O) groups is 3. The van der Waals surface area contributed by atoms with E-state index in [1.165, 1.54) is 4.90 Å². The van der Waals surface area contributed by atoms with E-state index in [1.807, 2.05) is 12.2 Å². The maximum absolute atomic E-state index is 12.3. The van der Waals surface area contributed by atoms with Crippen molar-refractivity contribution in [1.29, 1.82) is 0 Å². The number of esters is 1. The van der Waals surface area contributed by atoms with Crippen molar-refractivity contribution in [3.63, 3.8) is 0 Å². The minimum absolute atomic E-state index is 0.0383. The van der Waals surface area contributed by atoms with Crippen LogP contribution in [-0.4, -0.2) is 48.0 Å². The van der Waals surface area contributed by atoms with Gasteiger partial charge in [-0.3, -0.25) is 19.3 Å². The van der Waals surface area contributed by atoms with Gasteiger partial charge in [0.25, 0.3) is 0 Å². The molecule has 0 saturated carbocycles. The lowest BCUT2D eigenvalue weighted by molar-refractivity contribution is -0.156. The number of fused-ring (bicyclic) bond motifs is 5. The molecule has 6 heteroatoms. The Balaban J connectivity index is 1.60. The molecule has 0 unspecified atom stereocenters. The number of ether oxygens (including phenoxy) is 2. The van der Waals surface area contributed by atoms with Crippen LogP contribution in [0.4, 0.5) is 0 Å². The van der Waals surface area contributed by atoms with Gasteiger partial charge in [-0.2, -0.15) is 0 Å². The van der Waals surface area contributed by atoms with E-state index < -0.39 is 17.3 Å². The average Bonchev–Trinajstić information content (AvgIpc) is 3.06. The largest absolute Gasteiger partial charge is 0.463 e. The van der Waals surface area contributed by atoms with E-state index >= 15 is 0 Å². The van der Waals surface area contributed by atoms with Crippen LogP contribution in [-0.2, 0) is 23.9 Å². The van der Waals surface area contributed by atoms with Crippen LogP contribution in [0.2, 0.25) is 0 Å². The zero-order valence-electron chi connectivity index (χ0n) is 12.4. The third-order valence-corrected chi connectivity index (χ3v) is 4.16. The summed E-state index contributed by atoms with van der Waals surface area (Å²) in [6, 6.07) is 0. The molecular weight excluding hydrogens is 274 g/mol. The Morgan fingerprint density at radius 2 is 1.71 bits per heavy atom. The molecule has 3 aliphatic rings. The van der Waals surface area contributed by atoms with E-state index in [0.717, 1.165) is 0 Å². The third kappa shape index (κ3) is 2.18. The fraction of sp³-hybridized carbons (Fsp3) is 0.667. The normalized spacial score (nSPS) is 33.8. The lowest BCUT2D eigenvalue weighted by Crippen LogP contribution is -2.38. The summed E-state index contributed by atoms with van der Waals surface area (Å²) < 4.78 is 10.7. The van der Waals surface area contributed by atoms with Crippen LogP contribution in [0.3, 0.4) is 0 Å². The summed E-state index contributed by atoms with van der Waals surface area (Å²) in [5.41, 5.74) is -0.591. The molecule has 0 aromatic rings. The molecule has 2 saturated heterocycles. The van der Waals surface area contributed by atoms with Gasteiger partial charge >= 0.3 is 5.97 Å². The Kier molecular flexibility index (Phi) is 3.16. The van der Waals surface area contributed by atoms with E-state index in [0.29, 0.717) is 0 Å². The third-order valence-electron chi connectivity index (χ3n) is 4.16. The highest BCUT2D eigenvalue weighted by atomic mass is 16.5. The van der Waals surface area contributed by atoms with Crippen LogP contribution in [0, 0.1) is 17.3 Å². The lowest BCUT2D eigenvalue weighted by atomic mass is 9.85. The standard InChI is InChI=1S/C15H19NO5/c1-15(2,3)14(19)20-7-6-16-12(17)10-8-4-5-9(21-8)11(10)13(16)18/h4-5,8-11H,6-7H2,1-3H3/t8-,9+,10-,11+. The van der Waals surface area contributed by atoms with Gasteiger partial charge in [0.2, 0.25) is 11.8 Å². The highest BCUT2D eigenvalue weighted by Crippen LogP contribution is 2.44. The molecule has 3 aliphatic heterocycles. The average molecular weight is 293 g/mol. The Bertz CT molecular complexity index is 503. The van der Waals surface area contributed by atoms with Crippen molar-refractivity contribution < 1.29 is 23.9 Å². The minimum Gasteiger partial charge on any atom is -0.463 e. The van der Waals surface area contributed by atoms with Crippen LogP contribution < -0.4 is 0 Å². The fourth-order valence-electron chi connectivity index (χ4n) is 3.03. The summed E-state index contributed by atoms with van der Waals surface area (Å²) in [6.07, 6.45) is 3.14. The van der Waals surface area contributed by atoms with Gasteiger partial charge in [-0.1, -0.05) is 12.2 Å². The number of rotatable bonds is 3. The maximum Gasteiger partial charge on any atom is 0.311 e. The first-order chi connectivity index (χ1) is 9.80. The molecule has 2 fully saturated rings. The van der Waals surface area contributed by atoms with Gasteiger partial charge < -0.3 is 9.47 Å². The fourth-order valence-corrected chi connectivity index (χ4v) is 3.03. The summed E-state index contributed by atoms with van der Waals surface area (Å²) in [4.78, 5) is 37.5. The summed E-state index contributed by atoms with van der Waals surface area (Å²) in [5.74, 6) is -1.56. The van der Waals surface area contributed by atoms with Crippen LogP contribution in [0.5, 0.6) is 0 Å². The predicted molar refractivity (Wildman–Crippen MR) is 71.9 cm³/mol. The molecule has 2 amide bonds. The summed E-state index contributed by atoms with van der Waals surface area (Å²) >= 11 is 0. The first-order valence-corrected chi connectivity index (χ1v) is 7.17. The van der Waals surface area contributed by atoms with Crippen LogP contribution in [0.25, 0.3) is 0 Å². The van der Waals surface area contributed by atoms with Crippen LogP contribution >= 0.6 is 0 Å². The zero-order chi connectivity index (χ0) is 15.4. The molecule has 0 aromatic carbocycles. The number of amides is 2. The van der Waals surface area contributed by atoms with E-state index in [1.54, 1.807) is 20.8 Å². The van der Waals surface area contributed by atoms with Crippen molar-refractivity contribution in [2.24, 2.45) is 17.3 Å². The van der Waals surface area contributed by atoms with Crippen molar-refractivity contribution in [2.45, 2.75) is 33.0 Å². The summed E-state index contributed by atoms with van der Waals surface area (Å²) in [5, 5.41) is 0. The second-order valence-electron chi connectivity index (χ2n) is 6.72. The van der Waals surface area contributed by atoms with E-state index in [-0.39, 0.29) is 43.1 Å². The van der Waals surface area contributed by atoms with Crippen molar-refractivity contribution in [3.05, 3.63) is 12.2 Å². The lowest BCUT2D eigenvalue weighted by Gasteiger charge is -2.20. The van der Waals surface area contributed by atoms with Gasteiger partial charge in [0, 0.05) is 0 Å². The van der Waals surface area contributed by atoms with Crippen molar-refractivity contribution in [1.82, 2.24) is 4.90 Å². The second-order valence-corrected chi connectivity index (χ2v) is 6.72. The summed E-state index contributed by atoms with van der Waals surface area (Å²) in [7, 11) is 0. The molecule has 0 aromatic heterocycles. The van der Waals surface area contributed by atoms with E-state index in [9.17, 15) is 14.4 Å². The Morgan fingerprint density at radius 1 is 1.19 bits per heavy atom. The van der Waals surface area contributed by atoms with Crippen molar-refractivity contribution >= 4 is 17.8 Å². The molecule has 3 rings (SSSR count). The highest BCUT2D eigenvalue weighted by Gasteiger charge is 2.60. The number of imide groups is 1. The van der Waals surface area contributed by atoms with Crippen molar-refractivity contribution in [2.75, 3.05) is 13.2 Å². The van der Waals surface area contributed by atoms with E-state index in [2.05, 4.69) is 0 Å². The Morgan fingerprint density at radius 3 is 2.19 bits per heavy atom. The maximum atomic E-state index is 12.3. The molecular formula is C15H19NO5. The molecule has 0 N–H and O–H groups in total. The number of hydrogen-bond acceptors (Lipinski definition) is 5. The molecule has 0 radical (unpaired) electrons. The molecule has 6 nitrogen and oxygen atoms in total. The number of nitrogens with zero attached hydrogens (tertiary/aromatic N) is 1. The minimum atomic E-state index is -0.591. The zero-order valence-corrected chi connectivity index (χ0v) is 12.4. The SMILES string of the molecule is CC(C)(C)C(=O)OCCN1C(=O)[C@@H]2[C@H](C1=O)[C@H]1C=C[C@@H]2O1. The van der Waals surface area contributed by atoms with Gasteiger partial charge in [0.1, 0.15) is 6.61 Å². The van der Waals surface area contributed by atoms with Crippen LogP contribution in [0.1, 0.15) is 20.8 Å². The molecule has 3 heterocycles. The molecule has 114 valence electrons. The molecule has 0 aliphatic carbocycles. The van der Waals surface area contributed by atoms with Gasteiger partial charge in [0.15, 0.2) is 0 Å². The predicted octanol–water partition coefficient (Wildman–Crippen LogP) is 0.514. The molecule has 0 spiro atoms. The first kappa shape index (κ1) is 14.3. The topological polar surface area (TPSA) is 72.9 Å². The number of likely N-dealkylation sites (tertiary alicyclic amines) is 1. The summed E-state index contributed by atoms with van der Waals surface area (Å²) in [6.45, 7) is 5.42. The molecule has 2 bridgehead atoms. The Hall–Kier alpha value is -1.69. The number of hydrogen-bond donors (Lipinski definition) is 0.